The number of phenolic OH excluding ortho intramolecular Hbond substituents is 1. The molecule has 2 aromatic rings. The van der Waals surface area contributed by atoms with Gasteiger partial charge in [-0.05, 0) is 61.6 Å². The minimum atomic E-state index is -3.92. The van der Waals surface area contributed by atoms with E-state index in [1.165, 1.54) is 26.2 Å². The number of hydrogen-bond acceptors (Lipinski definition) is 9. The monoisotopic (exact) mass is 510 g/mol. The fraction of sp³-hybridized carbons (Fsp3) is 0.520. The topological polar surface area (TPSA) is 121 Å². The van der Waals surface area contributed by atoms with Gasteiger partial charge in [-0.15, -0.1) is 0 Å². The van der Waals surface area contributed by atoms with Gasteiger partial charge in [0.1, 0.15) is 4.90 Å². The Kier molecular flexibility index (Phi) is 8.74. The third-order valence-corrected chi connectivity index (χ3v) is 7.65. The van der Waals surface area contributed by atoms with Gasteiger partial charge >= 0.3 is 0 Å². The molecule has 0 radical (unpaired) electrons. The van der Waals surface area contributed by atoms with E-state index in [-0.39, 0.29) is 29.1 Å². The Balaban J connectivity index is 1.96. The third kappa shape index (κ3) is 5.94. The molecule has 194 valence electrons. The van der Waals surface area contributed by atoms with Gasteiger partial charge in [0, 0.05) is 0 Å². The van der Waals surface area contributed by atoms with Gasteiger partial charge in [0.2, 0.25) is 5.75 Å². The van der Waals surface area contributed by atoms with Crippen LogP contribution in [0.4, 0.5) is 0 Å². The van der Waals surface area contributed by atoms with Crippen molar-refractivity contribution in [3.05, 3.63) is 35.4 Å². The van der Waals surface area contributed by atoms with Crippen LogP contribution in [0.15, 0.2) is 29.2 Å². The van der Waals surface area contributed by atoms with Crippen LogP contribution >= 0.6 is 0 Å². The molecule has 1 aliphatic heterocycles. The molecule has 0 amide bonds. The smallest absolute Gasteiger partial charge is 0.203 e. The molecular formula is C25H34O9S. The molecule has 0 aliphatic carbocycles. The molecule has 2 N–H and O–H groups in total. The van der Waals surface area contributed by atoms with Crippen LogP contribution in [0, 0.1) is 0 Å². The van der Waals surface area contributed by atoms with Crippen LogP contribution in [0.25, 0.3) is 0 Å². The van der Waals surface area contributed by atoms with Crippen molar-refractivity contribution in [1.29, 1.82) is 0 Å². The van der Waals surface area contributed by atoms with Crippen molar-refractivity contribution in [2.45, 2.75) is 56.3 Å². The van der Waals surface area contributed by atoms with Gasteiger partial charge in [-0.2, -0.15) is 0 Å². The summed E-state index contributed by atoms with van der Waals surface area (Å²) < 4.78 is 54.1. The zero-order chi connectivity index (χ0) is 25.8. The van der Waals surface area contributed by atoms with Crippen LogP contribution in [0.2, 0.25) is 0 Å². The van der Waals surface area contributed by atoms with Crippen LogP contribution < -0.4 is 18.9 Å². The highest BCUT2D eigenvalue weighted by molar-refractivity contribution is 7.91. The Hall–Kier alpha value is -2.69. The van der Waals surface area contributed by atoms with Crippen molar-refractivity contribution >= 4 is 9.84 Å². The quantitative estimate of drug-likeness (QED) is 0.463. The number of methoxy groups -OCH3 is 3. The zero-order valence-electron chi connectivity index (χ0n) is 20.7. The standard InChI is InChI=1S/C25H34O9S/c1-6-9-33-24-18(27)10-16(13-23(24)35(28,29)14-15(2)26)19-7-8-20(34-19)17-11-21(30-3)25(32-5)22(12-17)31-4/h10-13,15,19-20,26-27H,6-9,14H2,1-5H3. The van der Waals surface area contributed by atoms with Crippen molar-refractivity contribution in [2.75, 3.05) is 33.7 Å². The average Bonchev–Trinajstić information content (AvgIpc) is 3.31. The predicted molar refractivity (Wildman–Crippen MR) is 130 cm³/mol. The van der Waals surface area contributed by atoms with E-state index in [1.54, 1.807) is 14.2 Å². The van der Waals surface area contributed by atoms with E-state index in [2.05, 4.69) is 0 Å². The molecule has 1 fully saturated rings. The maximum absolute atomic E-state index is 13.0. The summed E-state index contributed by atoms with van der Waals surface area (Å²) in [6.07, 6.45) is 0.0750. The van der Waals surface area contributed by atoms with Crippen LogP contribution in [-0.4, -0.2) is 58.4 Å². The van der Waals surface area contributed by atoms with Gasteiger partial charge in [0.05, 0.1) is 52.0 Å². The van der Waals surface area contributed by atoms with Crippen LogP contribution in [0.1, 0.15) is 56.4 Å². The normalized spacial score (nSPS) is 18.8. The number of rotatable bonds is 11. The first-order valence-electron chi connectivity index (χ1n) is 11.5. The maximum atomic E-state index is 13.0. The summed E-state index contributed by atoms with van der Waals surface area (Å²) in [5, 5.41) is 20.4. The largest absolute Gasteiger partial charge is 0.504 e. The number of ether oxygens (including phenoxy) is 5. The molecule has 3 unspecified atom stereocenters. The molecule has 10 heteroatoms. The second-order valence-electron chi connectivity index (χ2n) is 8.50. The maximum Gasteiger partial charge on any atom is 0.203 e. The highest BCUT2D eigenvalue weighted by Gasteiger charge is 2.32. The zero-order valence-corrected chi connectivity index (χ0v) is 21.6. The molecule has 35 heavy (non-hydrogen) atoms. The minimum Gasteiger partial charge on any atom is -0.504 e. The molecule has 1 aliphatic rings. The molecule has 1 saturated heterocycles. The van der Waals surface area contributed by atoms with Gasteiger partial charge < -0.3 is 33.9 Å². The average molecular weight is 511 g/mol. The van der Waals surface area contributed by atoms with E-state index in [0.29, 0.717) is 42.1 Å². The Morgan fingerprint density at radius 1 is 0.971 bits per heavy atom. The Morgan fingerprint density at radius 3 is 2.03 bits per heavy atom. The van der Waals surface area contributed by atoms with Crippen molar-refractivity contribution in [1.82, 2.24) is 0 Å². The molecule has 9 nitrogen and oxygen atoms in total. The molecule has 3 rings (SSSR count). The molecule has 1 heterocycles. The van der Waals surface area contributed by atoms with Gasteiger partial charge in [0.15, 0.2) is 32.8 Å². The summed E-state index contributed by atoms with van der Waals surface area (Å²) in [6, 6.07) is 6.61. The van der Waals surface area contributed by atoms with E-state index < -0.39 is 27.8 Å². The molecule has 0 spiro atoms. The summed E-state index contributed by atoms with van der Waals surface area (Å²) in [6.45, 7) is 3.52. The molecule has 0 bridgehead atoms. The molecular weight excluding hydrogens is 476 g/mol. The number of benzene rings is 2. The lowest BCUT2D eigenvalue weighted by Gasteiger charge is -2.20. The van der Waals surface area contributed by atoms with Gasteiger partial charge in [-0.25, -0.2) is 8.42 Å². The Bertz CT molecular complexity index is 1100. The lowest BCUT2D eigenvalue weighted by molar-refractivity contribution is 0.0435. The van der Waals surface area contributed by atoms with Gasteiger partial charge in [-0.3, -0.25) is 0 Å². The lowest BCUT2D eigenvalue weighted by atomic mass is 10.0. The predicted octanol–water partition coefficient (Wildman–Crippen LogP) is 3.95. The number of hydrogen-bond donors (Lipinski definition) is 2. The number of phenols is 1. The second kappa shape index (κ2) is 11.4. The minimum absolute atomic E-state index is 0.101. The number of sulfone groups is 1. The molecule has 0 aromatic heterocycles. The fourth-order valence-corrected chi connectivity index (χ4v) is 5.77. The summed E-state index contributed by atoms with van der Waals surface area (Å²) in [5.41, 5.74) is 1.35. The Labute approximate surface area is 206 Å². The van der Waals surface area contributed by atoms with E-state index in [0.717, 1.165) is 5.56 Å². The van der Waals surface area contributed by atoms with E-state index in [1.807, 2.05) is 19.1 Å². The van der Waals surface area contributed by atoms with E-state index in [4.69, 9.17) is 23.7 Å². The summed E-state index contributed by atoms with van der Waals surface area (Å²) in [4.78, 5) is -0.151. The first-order chi connectivity index (χ1) is 16.6. The SMILES string of the molecule is CCCOc1c(O)cc(C2CCC(c3cc(OC)c(OC)c(OC)c3)O2)cc1S(=O)(=O)CC(C)O. The number of aromatic hydroxyl groups is 1. The van der Waals surface area contributed by atoms with Crippen LogP contribution in [0.5, 0.6) is 28.7 Å². The fourth-order valence-electron chi connectivity index (χ4n) is 4.20. The first-order valence-corrected chi connectivity index (χ1v) is 13.2. The van der Waals surface area contributed by atoms with Gasteiger partial charge in [-0.1, -0.05) is 6.92 Å². The summed E-state index contributed by atoms with van der Waals surface area (Å²) >= 11 is 0. The highest BCUT2D eigenvalue weighted by Crippen LogP contribution is 2.47. The van der Waals surface area contributed by atoms with Crippen molar-refractivity contribution in [3.8, 4) is 28.7 Å². The van der Waals surface area contributed by atoms with Crippen LogP contribution in [-0.2, 0) is 14.6 Å². The molecule has 3 atom stereocenters. The summed E-state index contributed by atoms with van der Waals surface area (Å²) in [7, 11) is 0.692. The first kappa shape index (κ1) is 26.9. The molecule has 2 aromatic carbocycles. The Morgan fingerprint density at radius 2 is 1.54 bits per heavy atom. The van der Waals surface area contributed by atoms with E-state index >= 15 is 0 Å². The lowest BCUT2D eigenvalue weighted by Crippen LogP contribution is -2.19. The van der Waals surface area contributed by atoms with Crippen molar-refractivity contribution < 1.29 is 42.3 Å². The highest BCUT2D eigenvalue weighted by atomic mass is 32.2. The second-order valence-corrected chi connectivity index (χ2v) is 10.5. The van der Waals surface area contributed by atoms with Gasteiger partial charge in [0.25, 0.3) is 0 Å². The van der Waals surface area contributed by atoms with Crippen LogP contribution in [0.3, 0.4) is 0 Å². The summed E-state index contributed by atoms with van der Waals surface area (Å²) in [5.74, 6) is 0.632. The molecule has 0 saturated carbocycles. The number of aliphatic hydroxyl groups is 1. The third-order valence-electron chi connectivity index (χ3n) is 5.75. The van der Waals surface area contributed by atoms with Crippen molar-refractivity contribution in [3.63, 3.8) is 0 Å². The number of aliphatic hydroxyl groups excluding tert-OH is 1. The van der Waals surface area contributed by atoms with Crippen molar-refractivity contribution in [2.24, 2.45) is 0 Å². The van der Waals surface area contributed by atoms with E-state index in [9.17, 15) is 18.6 Å².